The Balaban J connectivity index is 1.64. The van der Waals surface area contributed by atoms with Crippen molar-refractivity contribution in [3.05, 3.63) is 59.6 Å². The third-order valence-corrected chi connectivity index (χ3v) is 5.31. The molecule has 1 aliphatic rings. The summed E-state index contributed by atoms with van der Waals surface area (Å²) in [6, 6.07) is 10.9. The fraction of sp³-hybridized carbons (Fsp3) is 0.364. The zero-order valence-corrected chi connectivity index (χ0v) is 17.1. The lowest BCUT2D eigenvalue weighted by molar-refractivity contribution is 0.0885. The van der Waals surface area contributed by atoms with Gasteiger partial charge in [0, 0.05) is 11.6 Å². The van der Waals surface area contributed by atoms with Gasteiger partial charge in [-0.2, -0.15) is 5.10 Å². The first-order valence-corrected chi connectivity index (χ1v) is 9.56. The summed E-state index contributed by atoms with van der Waals surface area (Å²) in [6.07, 6.45) is 3.54. The molecular formula is C22H25N3O4. The Hall–Kier alpha value is -3.22. The van der Waals surface area contributed by atoms with Crippen molar-refractivity contribution in [2.75, 3.05) is 14.2 Å². The third kappa shape index (κ3) is 3.72. The number of benzene rings is 1. The quantitative estimate of drug-likeness (QED) is 0.708. The fourth-order valence-electron chi connectivity index (χ4n) is 3.90. The van der Waals surface area contributed by atoms with E-state index in [1.54, 1.807) is 19.2 Å². The molecule has 2 heterocycles. The summed E-state index contributed by atoms with van der Waals surface area (Å²) < 4.78 is 17.6. The largest absolute Gasteiger partial charge is 0.497 e. The van der Waals surface area contributed by atoms with Gasteiger partial charge < -0.3 is 19.2 Å². The molecular weight excluding hydrogens is 370 g/mol. The summed E-state index contributed by atoms with van der Waals surface area (Å²) in [5.41, 5.74) is 3.11. The molecule has 0 saturated heterocycles. The topological polar surface area (TPSA) is 78.5 Å². The number of rotatable bonds is 5. The number of methoxy groups -OCH3 is 2. The van der Waals surface area contributed by atoms with E-state index in [0.717, 1.165) is 35.5 Å². The standard InChI is InChI=1S/C22H25N3O4/c1-22(2)11-17(24-21(26)19-9-10-20(28-4)29-19)16-13-23-25(18(16)12-22)14-5-7-15(27-3)8-6-14/h5-10,13,17H,11-12H2,1-4H3,(H,24,26)/t17-/m1/s1. The minimum Gasteiger partial charge on any atom is -0.497 e. The Bertz CT molecular complexity index is 1020. The van der Waals surface area contributed by atoms with Gasteiger partial charge in [-0.05, 0) is 48.6 Å². The molecule has 0 aliphatic heterocycles. The summed E-state index contributed by atoms with van der Waals surface area (Å²) in [5, 5.41) is 7.72. The lowest BCUT2D eigenvalue weighted by Gasteiger charge is -2.35. The molecule has 152 valence electrons. The van der Waals surface area contributed by atoms with Crippen LogP contribution in [0, 0.1) is 5.41 Å². The molecule has 1 amide bonds. The zero-order chi connectivity index (χ0) is 20.6. The van der Waals surface area contributed by atoms with Crippen LogP contribution < -0.4 is 14.8 Å². The van der Waals surface area contributed by atoms with Gasteiger partial charge in [0.05, 0.1) is 37.8 Å². The number of ether oxygens (including phenoxy) is 2. The summed E-state index contributed by atoms with van der Waals surface area (Å²) in [4.78, 5) is 12.7. The number of furan rings is 1. The molecule has 7 heteroatoms. The number of aromatic nitrogens is 2. The fourth-order valence-corrected chi connectivity index (χ4v) is 3.90. The molecule has 0 bridgehead atoms. The van der Waals surface area contributed by atoms with Crippen molar-refractivity contribution in [1.29, 1.82) is 0 Å². The second-order valence-electron chi connectivity index (χ2n) is 8.05. The van der Waals surface area contributed by atoms with E-state index in [0.29, 0.717) is 5.95 Å². The van der Waals surface area contributed by atoms with E-state index >= 15 is 0 Å². The van der Waals surface area contributed by atoms with Crippen molar-refractivity contribution in [1.82, 2.24) is 15.1 Å². The van der Waals surface area contributed by atoms with Gasteiger partial charge in [-0.3, -0.25) is 4.79 Å². The van der Waals surface area contributed by atoms with Crippen LogP contribution in [-0.2, 0) is 6.42 Å². The minimum atomic E-state index is -0.265. The number of fused-ring (bicyclic) bond motifs is 1. The second kappa shape index (κ2) is 7.31. The first-order valence-electron chi connectivity index (χ1n) is 9.56. The van der Waals surface area contributed by atoms with Crippen molar-refractivity contribution >= 4 is 5.91 Å². The maximum absolute atomic E-state index is 12.7. The van der Waals surface area contributed by atoms with E-state index in [1.165, 1.54) is 7.11 Å². The molecule has 1 aromatic carbocycles. The minimum absolute atomic E-state index is 0.00997. The Labute approximate surface area is 169 Å². The molecule has 3 aromatic rings. The van der Waals surface area contributed by atoms with Crippen LogP contribution in [0.4, 0.5) is 0 Å². The monoisotopic (exact) mass is 395 g/mol. The van der Waals surface area contributed by atoms with E-state index < -0.39 is 0 Å². The lowest BCUT2D eigenvalue weighted by Crippen LogP contribution is -2.36. The second-order valence-corrected chi connectivity index (χ2v) is 8.05. The number of carbonyl (C=O) groups excluding carboxylic acids is 1. The van der Waals surface area contributed by atoms with Crippen LogP contribution in [0.5, 0.6) is 11.7 Å². The highest BCUT2D eigenvalue weighted by Crippen LogP contribution is 2.41. The van der Waals surface area contributed by atoms with Gasteiger partial charge in [0.15, 0.2) is 5.76 Å². The van der Waals surface area contributed by atoms with E-state index in [2.05, 4.69) is 24.3 Å². The van der Waals surface area contributed by atoms with Crippen LogP contribution >= 0.6 is 0 Å². The van der Waals surface area contributed by atoms with E-state index in [4.69, 9.17) is 13.9 Å². The Morgan fingerprint density at radius 2 is 1.93 bits per heavy atom. The van der Waals surface area contributed by atoms with Crippen molar-refractivity contribution < 1.29 is 18.7 Å². The Morgan fingerprint density at radius 3 is 2.59 bits per heavy atom. The average molecular weight is 395 g/mol. The number of nitrogens with one attached hydrogen (secondary N) is 1. The van der Waals surface area contributed by atoms with Gasteiger partial charge in [-0.25, -0.2) is 4.68 Å². The van der Waals surface area contributed by atoms with Crippen molar-refractivity contribution in [3.8, 4) is 17.4 Å². The lowest BCUT2D eigenvalue weighted by atomic mass is 9.74. The van der Waals surface area contributed by atoms with Gasteiger partial charge in [0.25, 0.3) is 11.9 Å². The van der Waals surface area contributed by atoms with Gasteiger partial charge in [0.1, 0.15) is 5.75 Å². The van der Waals surface area contributed by atoms with Crippen LogP contribution in [0.15, 0.2) is 47.0 Å². The Morgan fingerprint density at radius 1 is 1.17 bits per heavy atom. The number of amides is 1. The highest BCUT2D eigenvalue weighted by atomic mass is 16.6. The molecule has 2 aromatic heterocycles. The molecule has 0 saturated carbocycles. The van der Waals surface area contributed by atoms with E-state index in [-0.39, 0.29) is 23.1 Å². The highest BCUT2D eigenvalue weighted by molar-refractivity contribution is 5.91. The number of nitrogens with zero attached hydrogens (tertiary/aromatic N) is 2. The maximum atomic E-state index is 12.7. The van der Waals surface area contributed by atoms with Crippen LogP contribution in [0.1, 0.15) is 48.1 Å². The van der Waals surface area contributed by atoms with Gasteiger partial charge in [0.2, 0.25) is 0 Å². The number of carbonyl (C=O) groups is 1. The van der Waals surface area contributed by atoms with Crippen molar-refractivity contribution in [2.24, 2.45) is 5.41 Å². The maximum Gasteiger partial charge on any atom is 0.287 e. The molecule has 0 fully saturated rings. The number of hydrogen-bond acceptors (Lipinski definition) is 5. The van der Waals surface area contributed by atoms with Crippen LogP contribution in [0.3, 0.4) is 0 Å². The van der Waals surface area contributed by atoms with Crippen LogP contribution in [-0.4, -0.2) is 29.9 Å². The zero-order valence-electron chi connectivity index (χ0n) is 17.1. The normalized spacial score (nSPS) is 17.4. The van der Waals surface area contributed by atoms with Gasteiger partial charge in [-0.15, -0.1) is 0 Å². The van der Waals surface area contributed by atoms with E-state index in [1.807, 2.05) is 35.1 Å². The summed E-state index contributed by atoms with van der Waals surface area (Å²) >= 11 is 0. The van der Waals surface area contributed by atoms with Crippen molar-refractivity contribution in [2.45, 2.75) is 32.7 Å². The molecule has 1 atom stereocenters. The van der Waals surface area contributed by atoms with E-state index in [9.17, 15) is 4.79 Å². The third-order valence-electron chi connectivity index (χ3n) is 5.31. The summed E-state index contributed by atoms with van der Waals surface area (Å²) in [5.74, 6) is 1.08. The highest BCUT2D eigenvalue weighted by Gasteiger charge is 2.36. The molecule has 0 radical (unpaired) electrons. The Kier molecular flexibility index (Phi) is 4.82. The predicted octanol–water partition coefficient (Wildman–Crippen LogP) is 3.93. The molecule has 4 rings (SSSR count). The first-order chi connectivity index (χ1) is 13.9. The SMILES string of the molecule is COc1ccc(-n2ncc3c2CC(C)(C)C[C@H]3NC(=O)c2ccc(OC)o2)cc1. The molecule has 0 spiro atoms. The number of hydrogen-bond donors (Lipinski definition) is 1. The smallest absolute Gasteiger partial charge is 0.287 e. The summed E-state index contributed by atoms with van der Waals surface area (Å²) in [6.45, 7) is 4.41. The van der Waals surface area contributed by atoms with Gasteiger partial charge in [-0.1, -0.05) is 13.8 Å². The summed E-state index contributed by atoms with van der Waals surface area (Å²) in [7, 11) is 3.15. The molecule has 1 N–H and O–H groups in total. The molecule has 0 unspecified atom stereocenters. The average Bonchev–Trinajstić information content (AvgIpc) is 3.34. The molecule has 1 aliphatic carbocycles. The van der Waals surface area contributed by atoms with Crippen LogP contribution in [0.25, 0.3) is 5.69 Å². The molecule has 7 nitrogen and oxygen atoms in total. The first kappa shape index (κ1) is 19.1. The predicted molar refractivity (Wildman–Crippen MR) is 108 cm³/mol. The molecule has 29 heavy (non-hydrogen) atoms. The van der Waals surface area contributed by atoms with Gasteiger partial charge >= 0.3 is 0 Å². The van der Waals surface area contributed by atoms with Crippen LogP contribution in [0.2, 0.25) is 0 Å². The van der Waals surface area contributed by atoms with Crippen molar-refractivity contribution in [3.63, 3.8) is 0 Å².